The topological polar surface area (TPSA) is 50.8 Å². The predicted molar refractivity (Wildman–Crippen MR) is 126 cm³/mol. The van der Waals surface area contributed by atoms with Crippen LogP contribution in [0.15, 0.2) is 78.9 Å². The number of nitrogens with zero attached hydrogens (tertiary/aromatic N) is 1. The SMILES string of the molecule is CCN1CCC(Oc2cccc(CNC(=O)c3ccc(Oc4ccccc4)cc3)c2)CC1. The normalized spacial score (nSPS) is 14.7. The van der Waals surface area contributed by atoms with Gasteiger partial charge in [0.25, 0.3) is 5.91 Å². The van der Waals surface area contributed by atoms with Gasteiger partial charge in [0, 0.05) is 25.2 Å². The molecule has 5 nitrogen and oxygen atoms in total. The molecule has 0 bridgehead atoms. The minimum Gasteiger partial charge on any atom is -0.490 e. The summed E-state index contributed by atoms with van der Waals surface area (Å²) < 4.78 is 12.0. The highest BCUT2D eigenvalue weighted by molar-refractivity contribution is 5.94. The van der Waals surface area contributed by atoms with E-state index in [2.05, 4.69) is 17.1 Å². The smallest absolute Gasteiger partial charge is 0.251 e. The van der Waals surface area contributed by atoms with Crippen LogP contribution in [0.2, 0.25) is 0 Å². The third-order valence-corrected chi connectivity index (χ3v) is 5.73. The first-order valence-electron chi connectivity index (χ1n) is 11.3. The van der Waals surface area contributed by atoms with E-state index in [0.29, 0.717) is 17.9 Å². The molecule has 0 aromatic heterocycles. The largest absolute Gasteiger partial charge is 0.490 e. The Bertz CT molecular complexity index is 997. The molecule has 0 spiro atoms. The van der Waals surface area contributed by atoms with Crippen LogP contribution >= 0.6 is 0 Å². The van der Waals surface area contributed by atoms with Gasteiger partial charge in [0.15, 0.2) is 0 Å². The van der Waals surface area contributed by atoms with E-state index in [1.807, 2.05) is 54.6 Å². The number of para-hydroxylation sites is 1. The van der Waals surface area contributed by atoms with Gasteiger partial charge >= 0.3 is 0 Å². The Morgan fingerprint density at radius 1 is 0.906 bits per heavy atom. The molecule has 0 atom stereocenters. The molecule has 1 N–H and O–H groups in total. The lowest BCUT2D eigenvalue weighted by molar-refractivity contribution is 0.0950. The summed E-state index contributed by atoms with van der Waals surface area (Å²) in [6, 6.07) is 24.7. The molecular weight excluding hydrogens is 400 g/mol. The Hall–Kier alpha value is -3.31. The molecule has 1 fully saturated rings. The van der Waals surface area contributed by atoms with E-state index in [-0.39, 0.29) is 12.0 Å². The zero-order valence-corrected chi connectivity index (χ0v) is 18.5. The molecule has 3 aromatic carbocycles. The van der Waals surface area contributed by atoms with Crippen LogP contribution in [-0.4, -0.2) is 36.5 Å². The van der Waals surface area contributed by atoms with E-state index in [1.165, 1.54) is 0 Å². The number of likely N-dealkylation sites (tertiary alicyclic amines) is 1. The number of hydrogen-bond donors (Lipinski definition) is 1. The van der Waals surface area contributed by atoms with Crippen LogP contribution < -0.4 is 14.8 Å². The van der Waals surface area contributed by atoms with Crippen molar-refractivity contribution in [2.45, 2.75) is 32.4 Å². The fraction of sp³-hybridized carbons (Fsp3) is 0.296. The Balaban J connectivity index is 1.28. The average molecular weight is 431 g/mol. The Morgan fingerprint density at radius 3 is 2.31 bits per heavy atom. The van der Waals surface area contributed by atoms with Crippen LogP contribution in [0.1, 0.15) is 35.7 Å². The molecule has 32 heavy (non-hydrogen) atoms. The maximum atomic E-state index is 12.6. The van der Waals surface area contributed by atoms with Gasteiger partial charge < -0.3 is 19.7 Å². The highest BCUT2D eigenvalue weighted by Crippen LogP contribution is 2.22. The Kier molecular flexibility index (Phi) is 7.41. The molecule has 0 saturated carbocycles. The number of carbonyl (C=O) groups is 1. The molecule has 0 unspecified atom stereocenters. The van der Waals surface area contributed by atoms with Crippen molar-refractivity contribution in [1.29, 1.82) is 0 Å². The van der Waals surface area contributed by atoms with Gasteiger partial charge in [-0.15, -0.1) is 0 Å². The van der Waals surface area contributed by atoms with E-state index in [0.717, 1.165) is 49.5 Å². The second-order valence-electron chi connectivity index (χ2n) is 8.02. The summed E-state index contributed by atoms with van der Waals surface area (Å²) in [6.45, 7) is 5.93. The van der Waals surface area contributed by atoms with Gasteiger partial charge in [-0.2, -0.15) is 0 Å². The third-order valence-electron chi connectivity index (χ3n) is 5.73. The molecular formula is C27H30N2O3. The van der Waals surface area contributed by atoms with Crippen molar-refractivity contribution in [1.82, 2.24) is 10.2 Å². The van der Waals surface area contributed by atoms with Crippen molar-refractivity contribution < 1.29 is 14.3 Å². The maximum absolute atomic E-state index is 12.6. The van der Waals surface area contributed by atoms with Gasteiger partial charge in [-0.1, -0.05) is 37.3 Å². The first-order valence-corrected chi connectivity index (χ1v) is 11.3. The van der Waals surface area contributed by atoms with Crippen molar-refractivity contribution in [3.05, 3.63) is 90.0 Å². The third kappa shape index (κ3) is 6.11. The van der Waals surface area contributed by atoms with Crippen LogP contribution in [0.3, 0.4) is 0 Å². The second kappa shape index (κ2) is 10.8. The zero-order valence-electron chi connectivity index (χ0n) is 18.5. The summed E-state index contributed by atoms with van der Waals surface area (Å²) in [5, 5.41) is 2.99. The predicted octanol–water partition coefficient (Wildman–Crippen LogP) is 5.27. The number of benzene rings is 3. The van der Waals surface area contributed by atoms with Crippen molar-refractivity contribution in [3.63, 3.8) is 0 Å². The summed E-state index contributed by atoms with van der Waals surface area (Å²) >= 11 is 0. The maximum Gasteiger partial charge on any atom is 0.251 e. The van der Waals surface area contributed by atoms with Crippen LogP contribution in [0, 0.1) is 0 Å². The van der Waals surface area contributed by atoms with Crippen molar-refractivity contribution in [2.24, 2.45) is 0 Å². The lowest BCUT2D eigenvalue weighted by Crippen LogP contribution is -2.38. The van der Waals surface area contributed by atoms with Gasteiger partial charge in [0.1, 0.15) is 23.4 Å². The molecule has 1 amide bonds. The minimum atomic E-state index is -0.116. The van der Waals surface area contributed by atoms with Crippen molar-refractivity contribution >= 4 is 5.91 Å². The molecule has 166 valence electrons. The van der Waals surface area contributed by atoms with Crippen LogP contribution in [0.5, 0.6) is 17.2 Å². The lowest BCUT2D eigenvalue weighted by Gasteiger charge is -2.31. The van der Waals surface area contributed by atoms with Crippen molar-refractivity contribution in [2.75, 3.05) is 19.6 Å². The summed E-state index contributed by atoms with van der Waals surface area (Å²) in [5.74, 6) is 2.22. The molecule has 1 aliphatic heterocycles. The monoisotopic (exact) mass is 430 g/mol. The first kappa shape index (κ1) is 21.9. The Morgan fingerprint density at radius 2 is 1.59 bits per heavy atom. The number of hydrogen-bond acceptors (Lipinski definition) is 4. The van der Waals surface area contributed by atoms with Crippen LogP contribution in [0.25, 0.3) is 0 Å². The minimum absolute atomic E-state index is 0.116. The second-order valence-corrected chi connectivity index (χ2v) is 8.02. The lowest BCUT2D eigenvalue weighted by atomic mass is 10.1. The molecule has 4 rings (SSSR count). The number of piperidine rings is 1. The molecule has 1 saturated heterocycles. The van der Waals surface area contributed by atoms with Crippen molar-refractivity contribution in [3.8, 4) is 17.2 Å². The van der Waals surface area contributed by atoms with Gasteiger partial charge in [0.05, 0.1) is 0 Å². The molecule has 1 aliphatic rings. The van der Waals surface area contributed by atoms with Crippen LogP contribution in [-0.2, 0) is 6.54 Å². The van der Waals surface area contributed by atoms with Crippen LogP contribution in [0.4, 0.5) is 0 Å². The molecule has 0 aliphatic carbocycles. The van der Waals surface area contributed by atoms with E-state index >= 15 is 0 Å². The van der Waals surface area contributed by atoms with Gasteiger partial charge in [-0.25, -0.2) is 0 Å². The highest BCUT2D eigenvalue weighted by atomic mass is 16.5. The molecule has 0 radical (unpaired) electrons. The Labute approximate surface area is 190 Å². The standard InChI is InChI=1S/C27H30N2O3/c1-2-29-17-15-25(16-18-29)32-26-10-6-7-21(19-26)20-28-27(30)22-11-13-24(14-12-22)31-23-8-4-3-5-9-23/h3-14,19,25H,2,15-18,20H2,1H3,(H,28,30). The molecule has 1 heterocycles. The first-order chi connectivity index (χ1) is 15.7. The van der Waals surface area contributed by atoms with E-state index in [1.54, 1.807) is 24.3 Å². The van der Waals surface area contributed by atoms with Gasteiger partial charge in [-0.05, 0) is 73.5 Å². The summed E-state index contributed by atoms with van der Waals surface area (Å²) in [7, 11) is 0. The molecule has 3 aromatic rings. The summed E-state index contributed by atoms with van der Waals surface area (Å²) in [5.41, 5.74) is 1.62. The zero-order chi connectivity index (χ0) is 22.2. The van der Waals surface area contributed by atoms with E-state index in [4.69, 9.17) is 9.47 Å². The highest BCUT2D eigenvalue weighted by Gasteiger charge is 2.19. The quantitative estimate of drug-likeness (QED) is 0.529. The average Bonchev–Trinajstić information content (AvgIpc) is 2.84. The van der Waals surface area contributed by atoms with Gasteiger partial charge in [-0.3, -0.25) is 4.79 Å². The summed E-state index contributed by atoms with van der Waals surface area (Å²) in [4.78, 5) is 15.0. The van der Waals surface area contributed by atoms with Gasteiger partial charge in [0.2, 0.25) is 0 Å². The fourth-order valence-corrected chi connectivity index (χ4v) is 3.85. The number of amides is 1. The number of nitrogens with one attached hydrogen (secondary N) is 1. The summed E-state index contributed by atoms with van der Waals surface area (Å²) in [6.07, 6.45) is 2.37. The fourth-order valence-electron chi connectivity index (χ4n) is 3.85. The number of rotatable bonds is 8. The number of carbonyl (C=O) groups excluding carboxylic acids is 1. The number of ether oxygens (including phenoxy) is 2. The van der Waals surface area contributed by atoms with E-state index < -0.39 is 0 Å². The van der Waals surface area contributed by atoms with E-state index in [9.17, 15) is 4.79 Å². The molecule has 5 heteroatoms.